The number of rotatable bonds is 7. The number of halogens is 1. The monoisotopic (exact) mass is 417 g/mol. The summed E-state index contributed by atoms with van der Waals surface area (Å²) < 4.78 is 6.71. The second kappa shape index (κ2) is 9.07. The topological polar surface area (TPSA) is 85.2 Å². The lowest BCUT2D eigenvalue weighted by atomic mass is 10.1. The number of aromatic nitrogens is 4. The molecule has 0 aliphatic carbocycles. The molecule has 0 saturated heterocycles. The lowest BCUT2D eigenvalue weighted by molar-refractivity contribution is 0.0525. The van der Waals surface area contributed by atoms with Crippen molar-refractivity contribution in [3.8, 4) is 0 Å². The molecule has 0 aliphatic rings. The first kappa shape index (κ1) is 20.2. The van der Waals surface area contributed by atoms with Gasteiger partial charge in [0.1, 0.15) is 6.33 Å². The van der Waals surface area contributed by atoms with Crippen LogP contribution in [0.25, 0.3) is 0 Å². The Hall–Kier alpha value is -2.58. The zero-order valence-electron chi connectivity index (χ0n) is 15.8. The van der Waals surface area contributed by atoms with Gasteiger partial charge >= 0.3 is 5.97 Å². The summed E-state index contributed by atoms with van der Waals surface area (Å²) in [5.41, 5.74) is 3.96. The molecule has 0 atom stereocenters. The first-order chi connectivity index (χ1) is 13.5. The van der Waals surface area contributed by atoms with Crippen molar-refractivity contribution in [3.63, 3.8) is 0 Å². The third-order valence-electron chi connectivity index (χ3n) is 4.05. The van der Waals surface area contributed by atoms with Crippen molar-refractivity contribution in [3.05, 3.63) is 63.7 Å². The highest BCUT2D eigenvalue weighted by Crippen LogP contribution is 2.22. The number of carbonyl (C=O) groups excluding carboxylic acids is 1. The lowest BCUT2D eigenvalue weighted by Gasteiger charge is -2.02. The van der Waals surface area contributed by atoms with E-state index in [1.807, 2.05) is 38.1 Å². The molecule has 3 aromatic rings. The van der Waals surface area contributed by atoms with Crippen LogP contribution in [0.1, 0.15) is 39.8 Å². The zero-order chi connectivity index (χ0) is 20.1. The first-order valence-corrected chi connectivity index (χ1v) is 10.0. The van der Waals surface area contributed by atoms with E-state index >= 15 is 0 Å². The van der Waals surface area contributed by atoms with Gasteiger partial charge < -0.3 is 9.72 Å². The van der Waals surface area contributed by atoms with E-state index in [-0.39, 0.29) is 5.97 Å². The molecule has 0 saturated carbocycles. The van der Waals surface area contributed by atoms with E-state index in [4.69, 9.17) is 16.3 Å². The van der Waals surface area contributed by atoms with Crippen LogP contribution < -0.4 is 0 Å². The van der Waals surface area contributed by atoms with Gasteiger partial charge in [-0.05, 0) is 44.0 Å². The molecule has 2 aromatic heterocycles. The fourth-order valence-corrected chi connectivity index (χ4v) is 3.60. The summed E-state index contributed by atoms with van der Waals surface area (Å²) in [6, 6.07) is 7.66. The number of ether oxygens (including phenoxy) is 1. The molecule has 1 aromatic carbocycles. The maximum absolute atomic E-state index is 12.1. The molecule has 146 valence electrons. The Morgan fingerprint density at radius 1 is 1.36 bits per heavy atom. The van der Waals surface area contributed by atoms with Crippen molar-refractivity contribution < 1.29 is 9.53 Å². The van der Waals surface area contributed by atoms with Crippen LogP contribution in [-0.4, -0.2) is 38.6 Å². The summed E-state index contributed by atoms with van der Waals surface area (Å²) in [5, 5.41) is 13.8. The SMILES string of the molecule is CCOC(=O)c1c(C)[nH]c(/C=N/n2cnnc2SCc2ccc(Cl)cc2)c1C. The van der Waals surface area contributed by atoms with Gasteiger partial charge in [0.25, 0.3) is 0 Å². The largest absolute Gasteiger partial charge is 0.462 e. The predicted molar refractivity (Wildman–Crippen MR) is 110 cm³/mol. The van der Waals surface area contributed by atoms with Crippen LogP contribution >= 0.6 is 23.4 Å². The Balaban J connectivity index is 1.73. The molecule has 0 fully saturated rings. The molecular formula is C19H20ClN5O2S. The van der Waals surface area contributed by atoms with Crippen molar-refractivity contribution in [1.29, 1.82) is 0 Å². The highest BCUT2D eigenvalue weighted by Gasteiger charge is 2.18. The van der Waals surface area contributed by atoms with Crippen molar-refractivity contribution >= 4 is 35.5 Å². The third-order valence-corrected chi connectivity index (χ3v) is 5.30. The van der Waals surface area contributed by atoms with Gasteiger partial charge in [0.2, 0.25) is 5.16 Å². The maximum atomic E-state index is 12.1. The quantitative estimate of drug-likeness (QED) is 0.353. The third kappa shape index (κ3) is 4.63. The van der Waals surface area contributed by atoms with E-state index in [1.54, 1.807) is 17.8 Å². The van der Waals surface area contributed by atoms with Gasteiger partial charge in [-0.3, -0.25) is 0 Å². The highest BCUT2D eigenvalue weighted by atomic mass is 35.5. The van der Waals surface area contributed by atoms with Gasteiger partial charge in [0, 0.05) is 16.5 Å². The van der Waals surface area contributed by atoms with Crippen LogP contribution in [0.2, 0.25) is 5.02 Å². The summed E-state index contributed by atoms with van der Waals surface area (Å²) in [7, 11) is 0. The minimum atomic E-state index is -0.336. The Bertz CT molecular complexity index is 994. The Morgan fingerprint density at radius 2 is 2.11 bits per heavy atom. The zero-order valence-corrected chi connectivity index (χ0v) is 17.3. The van der Waals surface area contributed by atoms with Crippen LogP contribution in [0, 0.1) is 13.8 Å². The van der Waals surface area contributed by atoms with E-state index in [9.17, 15) is 4.79 Å². The summed E-state index contributed by atoms with van der Waals surface area (Å²) in [6.07, 6.45) is 3.19. The van der Waals surface area contributed by atoms with Crippen LogP contribution in [0.4, 0.5) is 0 Å². The number of H-pyrrole nitrogens is 1. The van der Waals surface area contributed by atoms with Crippen LogP contribution in [-0.2, 0) is 10.5 Å². The fourth-order valence-electron chi connectivity index (χ4n) is 2.65. The summed E-state index contributed by atoms with van der Waals surface area (Å²) >= 11 is 7.43. The van der Waals surface area contributed by atoms with Gasteiger partial charge in [-0.2, -0.15) is 9.78 Å². The summed E-state index contributed by atoms with van der Waals surface area (Å²) in [4.78, 5) is 15.3. The van der Waals surface area contributed by atoms with Gasteiger partial charge in [0.05, 0.1) is 24.1 Å². The number of carbonyl (C=O) groups is 1. The molecule has 0 spiro atoms. The van der Waals surface area contributed by atoms with Crippen molar-refractivity contribution in [1.82, 2.24) is 19.9 Å². The van der Waals surface area contributed by atoms with Crippen molar-refractivity contribution in [2.45, 2.75) is 31.7 Å². The van der Waals surface area contributed by atoms with E-state index in [1.165, 1.54) is 18.1 Å². The average Bonchev–Trinajstić information content (AvgIpc) is 3.23. The number of esters is 1. The predicted octanol–water partition coefficient (Wildman–Crippen LogP) is 4.23. The van der Waals surface area contributed by atoms with Gasteiger partial charge in [-0.1, -0.05) is 35.5 Å². The molecule has 3 rings (SSSR count). The number of aromatic amines is 1. The number of benzene rings is 1. The molecule has 9 heteroatoms. The minimum Gasteiger partial charge on any atom is -0.462 e. The van der Waals surface area contributed by atoms with Gasteiger partial charge in [-0.25, -0.2) is 4.79 Å². The second-order valence-electron chi connectivity index (χ2n) is 6.00. The molecule has 0 unspecified atom stereocenters. The van der Waals surface area contributed by atoms with Crippen LogP contribution in [0.15, 0.2) is 40.9 Å². The van der Waals surface area contributed by atoms with E-state index in [0.29, 0.717) is 22.3 Å². The minimum absolute atomic E-state index is 0.335. The van der Waals surface area contributed by atoms with E-state index < -0.39 is 0 Å². The molecule has 7 nitrogen and oxygen atoms in total. The lowest BCUT2D eigenvalue weighted by Crippen LogP contribution is -2.06. The number of nitrogens with one attached hydrogen (secondary N) is 1. The van der Waals surface area contributed by atoms with Crippen LogP contribution in [0.5, 0.6) is 0 Å². The number of hydrogen-bond donors (Lipinski definition) is 1. The smallest absolute Gasteiger partial charge is 0.340 e. The molecule has 0 radical (unpaired) electrons. The number of hydrogen-bond acceptors (Lipinski definition) is 6. The molecule has 2 heterocycles. The average molecular weight is 418 g/mol. The molecule has 0 bridgehead atoms. The summed E-state index contributed by atoms with van der Waals surface area (Å²) in [6.45, 7) is 5.82. The highest BCUT2D eigenvalue weighted by molar-refractivity contribution is 7.98. The van der Waals surface area contributed by atoms with Gasteiger partial charge in [-0.15, -0.1) is 10.2 Å². The Kier molecular flexibility index (Phi) is 6.53. The van der Waals surface area contributed by atoms with E-state index in [0.717, 1.165) is 28.3 Å². The molecular weight excluding hydrogens is 398 g/mol. The molecule has 0 aliphatic heterocycles. The second-order valence-corrected chi connectivity index (χ2v) is 7.38. The number of nitrogens with zero attached hydrogens (tertiary/aromatic N) is 4. The summed E-state index contributed by atoms with van der Waals surface area (Å²) in [5.74, 6) is 0.385. The maximum Gasteiger partial charge on any atom is 0.340 e. The van der Waals surface area contributed by atoms with E-state index in [2.05, 4.69) is 20.3 Å². The first-order valence-electron chi connectivity index (χ1n) is 8.67. The Labute approximate surface area is 172 Å². The van der Waals surface area contributed by atoms with Crippen LogP contribution in [0.3, 0.4) is 0 Å². The Morgan fingerprint density at radius 3 is 2.82 bits per heavy atom. The fraction of sp³-hybridized carbons (Fsp3) is 0.263. The normalized spacial score (nSPS) is 11.3. The van der Waals surface area contributed by atoms with Crippen molar-refractivity contribution in [2.24, 2.45) is 5.10 Å². The number of thioether (sulfide) groups is 1. The number of aryl methyl sites for hydroxylation is 1. The molecule has 28 heavy (non-hydrogen) atoms. The van der Waals surface area contributed by atoms with Gasteiger partial charge in [0.15, 0.2) is 0 Å². The van der Waals surface area contributed by atoms with Crippen molar-refractivity contribution in [2.75, 3.05) is 6.61 Å². The molecule has 1 N–H and O–H groups in total. The molecule has 0 amide bonds. The standard InChI is InChI=1S/C19H20ClN5O2S/c1-4-27-18(26)17-12(2)16(23-13(17)3)9-22-25-11-21-24-19(25)28-10-14-5-7-15(20)8-6-14/h5-9,11,23H,4,10H2,1-3H3/b22-9+.